The molecule has 1 saturated carbocycles. The molecule has 4 heteroatoms. The first-order valence-corrected chi connectivity index (χ1v) is 8.58. The maximum absolute atomic E-state index is 12.4. The van der Waals surface area contributed by atoms with Crippen molar-refractivity contribution in [3.05, 3.63) is 0 Å². The van der Waals surface area contributed by atoms with E-state index in [0.717, 1.165) is 13.0 Å². The lowest BCUT2D eigenvalue weighted by molar-refractivity contribution is -0.128. The standard InChI is InChI=1S/C17H35N3O/c1-7-17(4,5)19-16(21)13(3)20(6)15-11-9-14(10-12-15)18-8-2/h13-15,18H,7-12H2,1-6H3,(H,19,21). The average Bonchev–Trinajstić information content (AvgIpc) is 2.46. The lowest BCUT2D eigenvalue weighted by atomic mass is 9.89. The van der Waals surface area contributed by atoms with Gasteiger partial charge in [0.15, 0.2) is 0 Å². The Morgan fingerprint density at radius 3 is 2.29 bits per heavy atom. The fourth-order valence-electron chi connectivity index (χ4n) is 3.00. The predicted octanol–water partition coefficient (Wildman–Crippen LogP) is 2.53. The van der Waals surface area contributed by atoms with Crippen LogP contribution in [0.15, 0.2) is 0 Å². The molecular formula is C17H35N3O. The topological polar surface area (TPSA) is 44.4 Å². The van der Waals surface area contributed by atoms with Crippen molar-refractivity contribution in [2.24, 2.45) is 0 Å². The molecule has 0 aromatic rings. The van der Waals surface area contributed by atoms with Gasteiger partial charge in [0.2, 0.25) is 5.91 Å². The van der Waals surface area contributed by atoms with Crippen LogP contribution in [0.1, 0.15) is 66.7 Å². The molecule has 0 heterocycles. The third kappa shape index (κ3) is 5.59. The van der Waals surface area contributed by atoms with Gasteiger partial charge in [-0.2, -0.15) is 0 Å². The Hall–Kier alpha value is -0.610. The lowest BCUT2D eigenvalue weighted by Gasteiger charge is -2.38. The largest absolute Gasteiger partial charge is 0.350 e. The third-order valence-electron chi connectivity index (χ3n) is 5.10. The first-order valence-electron chi connectivity index (χ1n) is 8.58. The van der Waals surface area contributed by atoms with Gasteiger partial charge in [-0.3, -0.25) is 9.69 Å². The smallest absolute Gasteiger partial charge is 0.237 e. The summed E-state index contributed by atoms with van der Waals surface area (Å²) in [6.45, 7) is 11.5. The number of carbonyl (C=O) groups excluding carboxylic acids is 1. The molecule has 1 fully saturated rings. The van der Waals surface area contributed by atoms with Crippen LogP contribution >= 0.6 is 0 Å². The molecule has 4 nitrogen and oxygen atoms in total. The summed E-state index contributed by atoms with van der Waals surface area (Å²) in [5, 5.41) is 6.70. The number of likely N-dealkylation sites (N-methyl/N-ethyl adjacent to an activating group) is 1. The summed E-state index contributed by atoms with van der Waals surface area (Å²) in [5.41, 5.74) is -0.116. The van der Waals surface area contributed by atoms with Crippen molar-refractivity contribution in [1.82, 2.24) is 15.5 Å². The van der Waals surface area contributed by atoms with Gasteiger partial charge in [-0.15, -0.1) is 0 Å². The minimum Gasteiger partial charge on any atom is -0.350 e. The molecule has 0 aliphatic heterocycles. The number of carbonyl (C=O) groups is 1. The normalized spacial score (nSPS) is 24.9. The van der Waals surface area contributed by atoms with Crippen LogP contribution in [-0.4, -0.2) is 48.1 Å². The Balaban J connectivity index is 2.47. The van der Waals surface area contributed by atoms with E-state index < -0.39 is 0 Å². The molecule has 1 aliphatic carbocycles. The number of hydrogen-bond donors (Lipinski definition) is 2. The summed E-state index contributed by atoms with van der Waals surface area (Å²) in [6, 6.07) is 1.14. The van der Waals surface area contributed by atoms with Crippen LogP contribution in [0.4, 0.5) is 0 Å². The van der Waals surface area contributed by atoms with Gasteiger partial charge in [-0.1, -0.05) is 13.8 Å². The fraction of sp³-hybridized carbons (Fsp3) is 0.941. The maximum atomic E-state index is 12.4. The van der Waals surface area contributed by atoms with Crippen molar-refractivity contribution in [3.63, 3.8) is 0 Å². The van der Waals surface area contributed by atoms with E-state index in [2.05, 4.69) is 50.3 Å². The Labute approximate surface area is 131 Å². The maximum Gasteiger partial charge on any atom is 0.237 e. The van der Waals surface area contributed by atoms with Crippen LogP contribution in [0.2, 0.25) is 0 Å². The molecule has 0 spiro atoms. The molecule has 124 valence electrons. The van der Waals surface area contributed by atoms with Crippen LogP contribution in [0.5, 0.6) is 0 Å². The predicted molar refractivity (Wildman–Crippen MR) is 89.5 cm³/mol. The van der Waals surface area contributed by atoms with Crippen molar-refractivity contribution in [2.45, 2.75) is 90.4 Å². The molecule has 2 N–H and O–H groups in total. The number of amides is 1. The van der Waals surface area contributed by atoms with Crippen LogP contribution < -0.4 is 10.6 Å². The second-order valence-corrected chi connectivity index (χ2v) is 7.13. The van der Waals surface area contributed by atoms with E-state index in [1.54, 1.807) is 0 Å². The van der Waals surface area contributed by atoms with Gasteiger partial charge in [0.1, 0.15) is 0 Å². The number of rotatable bonds is 7. The quantitative estimate of drug-likeness (QED) is 0.759. The zero-order valence-corrected chi connectivity index (χ0v) is 14.8. The molecule has 0 aromatic heterocycles. The number of nitrogens with zero attached hydrogens (tertiary/aromatic N) is 1. The van der Waals surface area contributed by atoms with Crippen molar-refractivity contribution in [3.8, 4) is 0 Å². The van der Waals surface area contributed by atoms with Gasteiger partial charge < -0.3 is 10.6 Å². The minimum atomic E-state index is -0.116. The highest BCUT2D eigenvalue weighted by Crippen LogP contribution is 2.24. The zero-order chi connectivity index (χ0) is 16.0. The summed E-state index contributed by atoms with van der Waals surface area (Å²) in [7, 11) is 2.10. The van der Waals surface area contributed by atoms with E-state index in [1.165, 1.54) is 25.7 Å². The second kappa shape index (κ2) is 8.14. The SMILES string of the molecule is CCNC1CCC(N(C)C(C)C(=O)NC(C)(C)CC)CC1. The highest BCUT2D eigenvalue weighted by Gasteiger charge is 2.30. The van der Waals surface area contributed by atoms with Crippen molar-refractivity contribution >= 4 is 5.91 Å². The Morgan fingerprint density at radius 2 is 1.81 bits per heavy atom. The van der Waals surface area contributed by atoms with E-state index in [0.29, 0.717) is 12.1 Å². The highest BCUT2D eigenvalue weighted by molar-refractivity contribution is 5.82. The number of nitrogens with one attached hydrogen (secondary N) is 2. The molecule has 0 bridgehead atoms. The van der Waals surface area contributed by atoms with E-state index in [-0.39, 0.29) is 17.5 Å². The van der Waals surface area contributed by atoms with E-state index in [4.69, 9.17) is 0 Å². The number of hydrogen-bond acceptors (Lipinski definition) is 3. The van der Waals surface area contributed by atoms with Gasteiger partial charge in [-0.25, -0.2) is 0 Å². The molecule has 1 rings (SSSR count). The van der Waals surface area contributed by atoms with Gasteiger partial charge in [0.25, 0.3) is 0 Å². The van der Waals surface area contributed by atoms with E-state index in [9.17, 15) is 4.79 Å². The molecule has 0 saturated heterocycles. The Bertz CT molecular complexity index is 322. The zero-order valence-electron chi connectivity index (χ0n) is 14.8. The van der Waals surface area contributed by atoms with Crippen molar-refractivity contribution in [1.29, 1.82) is 0 Å². The van der Waals surface area contributed by atoms with Gasteiger partial charge >= 0.3 is 0 Å². The summed E-state index contributed by atoms with van der Waals surface area (Å²) in [6.07, 6.45) is 5.75. The van der Waals surface area contributed by atoms with Crippen LogP contribution in [0.25, 0.3) is 0 Å². The van der Waals surface area contributed by atoms with Gasteiger partial charge in [0, 0.05) is 17.6 Å². The second-order valence-electron chi connectivity index (χ2n) is 7.13. The first-order chi connectivity index (χ1) is 9.80. The van der Waals surface area contributed by atoms with Crippen molar-refractivity contribution in [2.75, 3.05) is 13.6 Å². The molecule has 1 aliphatic rings. The summed E-state index contributed by atoms with van der Waals surface area (Å²) >= 11 is 0. The molecular weight excluding hydrogens is 262 g/mol. The average molecular weight is 297 g/mol. The first kappa shape index (κ1) is 18.4. The summed E-state index contributed by atoms with van der Waals surface area (Å²) < 4.78 is 0. The molecule has 1 atom stereocenters. The monoisotopic (exact) mass is 297 g/mol. The molecule has 1 amide bonds. The lowest BCUT2D eigenvalue weighted by Crippen LogP contribution is -2.54. The molecule has 0 radical (unpaired) electrons. The molecule has 0 aromatic carbocycles. The Kier molecular flexibility index (Phi) is 7.14. The van der Waals surface area contributed by atoms with Crippen LogP contribution in [0, 0.1) is 0 Å². The minimum absolute atomic E-state index is 0.0588. The molecule has 1 unspecified atom stereocenters. The van der Waals surface area contributed by atoms with E-state index >= 15 is 0 Å². The van der Waals surface area contributed by atoms with Crippen LogP contribution in [0.3, 0.4) is 0 Å². The summed E-state index contributed by atoms with van der Waals surface area (Å²) in [4.78, 5) is 14.7. The highest BCUT2D eigenvalue weighted by atomic mass is 16.2. The molecule has 21 heavy (non-hydrogen) atoms. The van der Waals surface area contributed by atoms with Gasteiger partial charge in [0.05, 0.1) is 6.04 Å². The van der Waals surface area contributed by atoms with Crippen LogP contribution in [-0.2, 0) is 4.79 Å². The third-order valence-corrected chi connectivity index (χ3v) is 5.10. The van der Waals surface area contributed by atoms with Gasteiger partial charge in [-0.05, 0) is 66.5 Å². The van der Waals surface area contributed by atoms with Crippen molar-refractivity contribution < 1.29 is 4.79 Å². The summed E-state index contributed by atoms with van der Waals surface area (Å²) in [5.74, 6) is 0.151. The fourth-order valence-corrected chi connectivity index (χ4v) is 3.00. The van der Waals surface area contributed by atoms with E-state index in [1.807, 2.05) is 6.92 Å². The Morgan fingerprint density at radius 1 is 1.24 bits per heavy atom.